The number of carboxylic acids is 2. The second kappa shape index (κ2) is 11.2. The van der Waals surface area contributed by atoms with Crippen LogP contribution in [0.5, 0.6) is 0 Å². The number of aromatic nitrogens is 1. The van der Waals surface area contributed by atoms with E-state index in [2.05, 4.69) is 4.98 Å². The summed E-state index contributed by atoms with van der Waals surface area (Å²) in [6.45, 7) is 0. The fraction of sp³-hybridized carbons (Fsp3) is 0. The van der Waals surface area contributed by atoms with Gasteiger partial charge in [-0.1, -0.05) is 23.5 Å². The molecule has 1 aromatic heterocycles. The van der Waals surface area contributed by atoms with E-state index >= 15 is 0 Å². The number of aromatic carboxylic acids is 2. The van der Waals surface area contributed by atoms with Crippen LogP contribution in [0.25, 0.3) is 0 Å². The zero-order valence-corrected chi connectivity index (χ0v) is 14.0. The smallest absolute Gasteiger partial charge is 0.870 e. The second-order valence-corrected chi connectivity index (χ2v) is 3.68. The van der Waals surface area contributed by atoms with E-state index in [4.69, 9.17) is 5.11 Å². The largest absolute Gasteiger partial charge is 1.00 e. The van der Waals surface area contributed by atoms with E-state index in [-0.39, 0.29) is 68.0 Å². The minimum atomic E-state index is -1.38. The van der Waals surface area contributed by atoms with Crippen LogP contribution in [0.2, 0.25) is 0 Å². The second-order valence-electron chi connectivity index (χ2n) is 2.90. The molecule has 0 bridgehead atoms. The maximum absolute atomic E-state index is 10.4. The molecule has 8 heteroatoms. The predicted octanol–water partition coefficient (Wildman–Crippen LogP) is -2.86. The SMILES string of the molecule is O=C([O-])c1cccc(C(=O)O)c1.[K+].[OH-].c1csc[nH+]1. The Hall–Kier alpha value is -0.614. The number of rotatable bonds is 2. The molecule has 0 aliphatic carbocycles. The van der Waals surface area contributed by atoms with Crippen LogP contribution in [-0.4, -0.2) is 22.5 Å². The summed E-state index contributed by atoms with van der Waals surface area (Å²) >= 11 is 1.66. The van der Waals surface area contributed by atoms with Crippen molar-refractivity contribution in [2.45, 2.75) is 0 Å². The van der Waals surface area contributed by atoms with Crippen LogP contribution in [0.15, 0.2) is 41.4 Å². The molecule has 0 spiro atoms. The molecule has 2 rings (SSSR count). The normalized spacial score (nSPS) is 8.00. The van der Waals surface area contributed by atoms with Crippen molar-refractivity contribution in [2.24, 2.45) is 0 Å². The molecule has 0 aliphatic rings. The Morgan fingerprint density at radius 2 is 1.89 bits per heavy atom. The molecule has 0 radical (unpaired) electrons. The number of hydrogen-bond donors (Lipinski definition) is 1. The Balaban J connectivity index is 0. The average molecular weight is 307 g/mol. The summed E-state index contributed by atoms with van der Waals surface area (Å²) in [6, 6.07) is 5.00. The molecule has 0 saturated heterocycles. The van der Waals surface area contributed by atoms with E-state index in [0.29, 0.717) is 0 Å². The van der Waals surface area contributed by atoms with Crippen LogP contribution >= 0.6 is 11.3 Å². The summed E-state index contributed by atoms with van der Waals surface area (Å²) in [7, 11) is 0. The molecule has 2 aromatic rings. The minimum absolute atomic E-state index is 0. The van der Waals surface area contributed by atoms with Crippen molar-refractivity contribution >= 4 is 23.3 Å². The molecule has 0 atom stereocenters. The summed E-state index contributed by atoms with van der Waals surface area (Å²) in [5.41, 5.74) is 1.73. The van der Waals surface area contributed by atoms with Gasteiger partial charge < -0.3 is 20.5 Å². The third-order valence-electron chi connectivity index (χ3n) is 1.72. The first-order valence-electron chi connectivity index (χ1n) is 4.54. The first kappa shape index (κ1) is 20.7. The molecular formula is C11H10KNO5S. The number of benzene rings is 1. The van der Waals surface area contributed by atoms with Gasteiger partial charge in [-0.3, -0.25) is 0 Å². The van der Waals surface area contributed by atoms with Crippen molar-refractivity contribution in [1.82, 2.24) is 0 Å². The van der Waals surface area contributed by atoms with Crippen LogP contribution in [0.3, 0.4) is 0 Å². The summed E-state index contributed by atoms with van der Waals surface area (Å²) in [4.78, 5) is 23.5. The van der Waals surface area contributed by atoms with Crippen LogP contribution < -0.4 is 61.5 Å². The van der Waals surface area contributed by atoms with Gasteiger partial charge in [-0.15, -0.1) is 0 Å². The van der Waals surface area contributed by atoms with Gasteiger partial charge >= 0.3 is 57.4 Å². The monoisotopic (exact) mass is 307 g/mol. The molecular weight excluding hydrogens is 297 g/mol. The van der Waals surface area contributed by atoms with Crippen molar-refractivity contribution in [3.63, 3.8) is 0 Å². The Morgan fingerprint density at radius 3 is 2.26 bits per heavy atom. The van der Waals surface area contributed by atoms with E-state index in [1.54, 1.807) is 11.3 Å². The van der Waals surface area contributed by atoms with Crippen molar-refractivity contribution in [3.05, 3.63) is 52.5 Å². The van der Waals surface area contributed by atoms with Gasteiger partial charge in [-0.25, -0.2) is 9.78 Å². The molecule has 0 aliphatic heterocycles. The van der Waals surface area contributed by atoms with Gasteiger partial charge in [-0.2, -0.15) is 0 Å². The third-order valence-corrected chi connectivity index (χ3v) is 2.29. The Bertz CT molecular complexity index is 457. The van der Waals surface area contributed by atoms with Crippen LogP contribution in [-0.2, 0) is 0 Å². The molecule has 3 N–H and O–H groups in total. The quantitative estimate of drug-likeness (QED) is 0.598. The zero-order chi connectivity index (χ0) is 12.7. The van der Waals surface area contributed by atoms with Crippen LogP contribution in [0.1, 0.15) is 20.7 Å². The standard InChI is InChI=1S/C8H6O4.C3H3NS.K.H2O/c9-7(10)5-2-1-3-6(4-5)8(11)12;1-2-5-3-4-1;;/h1-4H,(H,9,10)(H,11,12);1-3H;;1H2/q;;+1;/p-1. The van der Waals surface area contributed by atoms with Crippen molar-refractivity contribution in [2.75, 3.05) is 0 Å². The van der Waals surface area contributed by atoms with E-state index < -0.39 is 11.9 Å². The molecule has 96 valence electrons. The molecule has 0 amide bonds. The fourth-order valence-corrected chi connectivity index (χ4v) is 1.37. The van der Waals surface area contributed by atoms with Gasteiger partial charge in [0.2, 0.25) is 5.51 Å². The van der Waals surface area contributed by atoms with Gasteiger partial charge in [0.1, 0.15) is 0 Å². The number of H-pyrrole nitrogens is 1. The van der Waals surface area contributed by atoms with E-state index in [1.165, 1.54) is 18.2 Å². The summed E-state index contributed by atoms with van der Waals surface area (Å²) in [5, 5.41) is 20.7. The molecule has 0 unspecified atom stereocenters. The summed E-state index contributed by atoms with van der Waals surface area (Å²) in [6.07, 6.45) is 1.89. The molecule has 19 heavy (non-hydrogen) atoms. The molecule has 1 aromatic carbocycles. The predicted molar refractivity (Wildman–Crippen MR) is 60.5 cm³/mol. The van der Waals surface area contributed by atoms with Gasteiger partial charge in [-0.05, 0) is 17.7 Å². The van der Waals surface area contributed by atoms with Crippen molar-refractivity contribution in [3.8, 4) is 0 Å². The maximum atomic E-state index is 10.4. The number of nitrogens with one attached hydrogen (secondary N) is 1. The Kier molecular flexibility index (Phi) is 12.2. The summed E-state index contributed by atoms with van der Waals surface area (Å²) < 4.78 is 0. The number of thiazole rings is 1. The zero-order valence-electron chi connectivity index (χ0n) is 10.1. The Morgan fingerprint density at radius 1 is 1.26 bits per heavy atom. The van der Waals surface area contributed by atoms with Crippen LogP contribution in [0.4, 0.5) is 0 Å². The van der Waals surface area contributed by atoms with Gasteiger partial charge in [0.25, 0.3) is 0 Å². The number of hydrogen-bond acceptors (Lipinski definition) is 5. The number of carbonyl (C=O) groups excluding carboxylic acids is 1. The topological polar surface area (TPSA) is 122 Å². The van der Waals surface area contributed by atoms with E-state index in [9.17, 15) is 14.7 Å². The van der Waals surface area contributed by atoms with Gasteiger partial charge in [0, 0.05) is 0 Å². The first-order valence-corrected chi connectivity index (χ1v) is 5.48. The van der Waals surface area contributed by atoms with Crippen LogP contribution in [0, 0.1) is 0 Å². The Labute approximate surface area is 155 Å². The van der Waals surface area contributed by atoms with Crippen molar-refractivity contribution in [1.29, 1.82) is 0 Å². The van der Waals surface area contributed by atoms with E-state index in [0.717, 1.165) is 6.07 Å². The number of carboxylic acid groups (broad SMARTS) is 2. The molecule has 0 saturated carbocycles. The van der Waals surface area contributed by atoms with Crippen molar-refractivity contribution < 1.29 is 81.6 Å². The first-order chi connectivity index (χ1) is 8.11. The number of carbonyl (C=O) groups is 2. The average Bonchev–Trinajstić information content (AvgIpc) is 2.87. The summed E-state index contributed by atoms with van der Waals surface area (Å²) in [5.74, 6) is -2.53. The van der Waals surface area contributed by atoms with Gasteiger partial charge in [0.15, 0.2) is 6.20 Å². The van der Waals surface area contributed by atoms with Gasteiger partial charge in [0.05, 0.1) is 16.9 Å². The van der Waals surface area contributed by atoms with E-state index in [1.807, 2.05) is 17.1 Å². The maximum Gasteiger partial charge on any atom is 1.00 e. The molecule has 0 fully saturated rings. The molecule has 1 heterocycles. The number of aromatic amines is 1. The third kappa shape index (κ3) is 8.21. The minimum Gasteiger partial charge on any atom is -0.870 e. The molecule has 6 nitrogen and oxygen atoms in total. The fourth-order valence-electron chi connectivity index (χ4n) is 0.976.